The lowest BCUT2D eigenvalue weighted by Crippen LogP contribution is -2.12. The van der Waals surface area contributed by atoms with E-state index in [-0.39, 0.29) is 0 Å². The summed E-state index contributed by atoms with van der Waals surface area (Å²) in [6.07, 6.45) is 0. The third kappa shape index (κ3) is 2.24. The molecule has 14 heavy (non-hydrogen) atoms. The number of hydrogen-bond donors (Lipinski definition) is 1. The first-order valence-electron chi connectivity index (χ1n) is 4.84. The Kier molecular flexibility index (Phi) is 4.07. The first-order valence-corrected chi connectivity index (χ1v) is 7.44. The normalized spacial score (nSPS) is 26.7. The Labute approximate surface area is 112 Å². The largest absolute Gasteiger partial charge is 0.316 e. The summed E-state index contributed by atoms with van der Waals surface area (Å²) in [5.74, 6) is 1.53. The minimum atomic E-state index is 0.722. The van der Waals surface area contributed by atoms with Crippen molar-refractivity contribution in [3.63, 3.8) is 0 Å². The Morgan fingerprint density at radius 3 is 2.79 bits per heavy atom. The molecule has 1 nitrogen and oxygen atoms in total. The Hall–Kier alpha value is 0.640. The maximum atomic E-state index is 3.49. The monoisotopic (exact) mass is 413 g/mol. The molecule has 76 valence electrons. The van der Waals surface area contributed by atoms with Crippen LogP contribution >= 0.6 is 45.2 Å². The molecule has 0 saturated carbocycles. The van der Waals surface area contributed by atoms with Crippen molar-refractivity contribution < 1.29 is 0 Å². The molecular formula is C11H13I2N. The van der Waals surface area contributed by atoms with Crippen LogP contribution in [-0.2, 0) is 0 Å². The average molecular weight is 413 g/mol. The van der Waals surface area contributed by atoms with Gasteiger partial charge in [-0.25, -0.2) is 0 Å². The molecule has 0 aromatic heterocycles. The Balaban J connectivity index is 2.26. The maximum Gasteiger partial charge on any atom is 0.0165 e. The quantitative estimate of drug-likeness (QED) is 0.581. The second kappa shape index (κ2) is 5.12. The molecule has 1 fully saturated rings. The van der Waals surface area contributed by atoms with Crippen molar-refractivity contribution in [2.45, 2.75) is 5.92 Å². The number of rotatable bonds is 2. The van der Waals surface area contributed by atoms with E-state index in [0.29, 0.717) is 0 Å². The van der Waals surface area contributed by atoms with E-state index in [4.69, 9.17) is 0 Å². The smallest absolute Gasteiger partial charge is 0.0165 e. The van der Waals surface area contributed by atoms with Crippen LogP contribution in [0.25, 0.3) is 0 Å². The highest BCUT2D eigenvalue weighted by Gasteiger charge is 2.28. The fourth-order valence-electron chi connectivity index (χ4n) is 2.03. The highest BCUT2D eigenvalue weighted by Crippen LogP contribution is 2.32. The highest BCUT2D eigenvalue weighted by molar-refractivity contribution is 14.1. The molecule has 1 heterocycles. The maximum absolute atomic E-state index is 3.49. The zero-order chi connectivity index (χ0) is 9.97. The standard InChI is InChI=1S/C11H13I2N/c12-5-8-6-14-7-10(8)9-3-1-2-4-11(9)13/h1-4,8,10,14H,5-7H2. The number of alkyl halides is 1. The molecule has 1 aliphatic rings. The summed E-state index contributed by atoms with van der Waals surface area (Å²) in [6.45, 7) is 2.33. The minimum Gasteiger partial charge on any atom is -0.316 e. The van der Waals surface area contributed by atoms with Gasteiger partial charge in [0.05, 0.1) is 0 Å². The Morgan fingerprint density at radius 1 is 1.29 bits per heavy atom. The van der Waals surface area contributed by atoms with Crippen molar-refractivity contribution in [3.8, 4) is 0 Å². The summed E-state index contributed by atoms with van der Waals surface area (Å²) in [7, 11) is 0. The van der Waals surface area contributed by atoms with E-state index >= 15 is 0 Å². The molecule has 1 saturated heterocycles. The number of nitrogens with one attached hydrogen (secondary N) is 1. The number of benzene rings is 1. The van der Waals surface area contributed by atoms with Crippen LogP contribution in [0.2, 0.25) is 0 Å². The number of halogens is 2. The summed E-state index contributed by atoms with van der Waals surface area (Å²) in [5, 5.41) is 3.49. The second-order valence-electron chi connectivity index (χ2n) is 3.70. The lowest BCUT2D eigenvalue weighted by Gasteiger charge is -2.17. The summed E-state index contributed by atoms with van der Waals surface area (Å²) in [4.78, 5) is 0. The molecule has 1 aliphatic heterocycles. The van der Waals surface area contributed by atoms with E-state index < -0.39 is 0 Å². The molecular weight excluding hydrogens is 400 g/mol. The van der Waals surface area contributed by atoms with Crippen molar-refractivity contribution in [2.24, 2.45) is 5.92 Å². The first kappa shape index (κ1) is 11.1. The van der Waals surface area contributed by atoms with Crippen LogP contribution in [-0.4, -0.2) is 17.5 Å². The Bertz CT molecular complexity index is 314. The molecule has 2 rings (SSSR count). The van der Waals surface area contributed by atoms with Crippen molar-refractivity contribution in [3.05, 3.63) is 33.4 Å². The number of hydrogen-bond acceptors (Lipinski definition) is 1. The van der Waals surface area contributed by atoms with Gasteiger partial charge in [-0.2, -0.15) is 0 Å². The van der Waals surface area contributed by atoms with Gasteiger partial charge in [-0.3, -0.25) is 0 Å². The first-order chi connectivity index (χ1) is 6.83. The second-order valence-corrected chi connectivity index (χ2v) is 5.74. The van der Waals surface area contributed by atoms with E-state index in [0.717, 1.165) is 18.4 Å². The molecule has 0 amide bonds. The van der Waals surface area contributed by atoms with Gasteiger partial charge < -0.3 is 5.32 Å². The summed E-state index contributed by atoms with van der Waals surface area (Å²) < 4.78 is 2.66. The molecule has 0 aliphatic carbocycles. The third-order valence-corrected chi connectivity index (χ3v) is 4.96. The predicted molar refractivity (Wildman–Crippen MR) is 77.1 cm³/mol. The third-order valence-electron chi connectivity index (χ3n) is 2.84. The van der Waals surface area contributed by atoms with Gasteiger partial charge in [-0.05, 0) is 46.7 Å². The zero-order valence-corrected chi connectivity index (χ0v) is 12.2. The van der Waals surface area contributed by atoms with E-state index in [1.54, 1.807) is 0 Å². The average Bonchev–Trinajstić information content (AvgIpc) is 2.66. The van der Waals surface area contributed by atoms with Gasteiger partial charge in [-0.15, -0.1) is 0 Å². The molecule has 2 unspecified atom stereocenters. The van der Waals surface area contributed by atoms with Gasteiger partial charge in [0, 0.05) is 20.5 Å². The molecule has 1 aromatic carbocycles. The van der Waals surface area contributed by atoms with Crippen LogP contribution in [0.15, 0.2) is 24.3 Å². The predicted octanol–water partition coefficient (Wildman–Crippen LogP) is 3.03. The van der Waals surface area contributed by atoms with Gasteiger partial charge in [0.25, 0.3) is 0 Å². The molecule has 1 N–H and O–H groups in total. The van der Waals surface area contributed by atoms with Crippen molar-refractivity contribution in [2.75, 3.05) is 17.5 Å². The van der Waals surface area contributed by atoms with Crippen molar-refractivity contribution >= 4 is 45.2 Å². The molecule has 0 bridgehead atoms. The summed E-state index contributed by atoms with van der Waals surface area (Å²) in [5.41, 5.74) is 1.53. The van der Waals surface area contributed by atoms with Gasteiger partial charge >= 0.3 is 0 Å². The van der Waals surface area contributed by atoms with Crippen LogP contribution in [0.5, 0.6) is 0 Å². The van der Waals surface area contributed by atoms with Gasteiger partial charge in [0.2, 0.25) is 0 Å². The molecule has 1 aromatic rings. The molecule has 0 spiro atoms. The van der Waals surface area contributed by atoms with E-state index in [2.05, 4.69) is 74.8 Å². The fraction of sp³-hybridized carbons (Fsp3) is 0.455. The lowest BCUT2D eigenvalue weighted by atomic mass is 9.90. The van der Waals surface area contributed by atoms with Gasteiger partial charge in [0.15, 0.2) is 0 Å². The Morgan fingerprint density at radius 2 is 2.07 bits per heavy atom. The van der Waals surface area contributed by atoms with Gasteiger partial charge in [0.1, 0.15) is 0 Å². The fourth-order valence-corrected chi connectivity index (χ4v) is 3.75. The summed E-state index contributed by atoms with van der Waals surface area (Å²) >= 11 is 4.95. The topological polar surface area (TPSA) is 12.0 Å². The van der Waals surface area contributed by atoms with Crippen LogP contribution in [0.4, 0.5) is 0 Å². The van der Waals surface area contributed by atoms with E-state index in [9.17, 15) is 0 Å². The SMILES string of the molecule is ICC1CNCC1c1ccccc1I. The van der Waals surface area contributed by atoms with Crippen molar-refractivity contribution in [1.29, 1.82) is 0 Å². The van der Waals surface area contributed by atoms with E-state index in [1.807, 2.05) is 0 Å². The van der Waals surface area contributed by atoms with Crippen LogP contribution in [0.1, 0.15) is 11.5 Å². The molecule has 3 heteroatoms. The zero-order valence-electron chi connectivity index (χ0n) is 7.84. The van der Waals surface area contributed by atoms with Crippen LogP contribution < -0.4 is 5.32 Å². The highest BCUT2D eigenvalue weighted by atomic mass is 127. The van der Waals surface area contributed by atoms with E-state index in [1.165, 1.54) is 20.1 Å². The molecule has 2 atom stereocenters. The lowest BCUT2D eigenvalue weighted by molar-refractivity contribution is 0.587. The summed E-state index contributed by atoms with van der Waals surface area (Å²) in [6, 6.07) is 8.75. The van der Waals surface area contributed by atoms with Crippen molar-refractivity contribution in [1.82, 2.24) is 5.32 Å². The van der Waals surface area contributed by atoms with Crippen LogP contribution in [0.3, 0.4) is 0 Å². The van der Waals surface area contributed by atoms with Gasteiger partial charge in [-0.1, -0.05) is 40.8 Å². The molecule has 0 radical (unpaired) electrons. The minimum absolute atomic E-state index is 0.722. The van der Waals surface area contributed by atoms with Crippen LogP contribution in [0, 0.1) is 9.49 Å².